The Morgan fingerprint density at radius 1 is 1.27 bits per heavy atom. The maximum absolute atomic E-state index is 12.9. The normalized spacial score (nSPS) is 21.1. The quantitative estimate of drug-likeness (QED) is 0.255. The van der Waals surface area contributed by atoms with E-state index in [1.54, 1.807) is 13.0 Å². The molecule has 0 amide bonds. The van der Waals surface area contributed by atoms with Gasteiger partial charge in [0.05, 0.1) is 16.9 Å². The average molecular weight is 450 g/mol. The lowest BCUT2D eigenvalue weighted by Crippen LogP contribution is -2.48. The molecule has 1 N–H and O–H groups in total. The van der Waals surface area contributed by atoms with Crippen LogP contribution in [0.3, 0.4) is 0 Å². The average Bonchev–Trinajstić information content (AvgIpc) is 3.23. The van der Waals surface area contributed by atoms with Crippen molar-refractivity contribution < 1.29 is 28.6 Å². The minimum atomic E-state index is -1.48. The van der Waals surface area contributed by atoms with E-state index in [0.717, 1.165) is 28.4 Å². The summed E-state index contributed by atoms with van der Waals surface area (Å²) in [5, 5.41) is 4.38. The number of hydrogen-bond donors (Lipinski definition) is 1. The molecule has 4 rings (SSSR count). The molecule has 33 heavy (non-hydrogen) atoms. The summed E-state index contributed by atoms with van der Waals surface area (Å²) in [6, 6.07) is 9.95. The molecule has 3 heterocycles. The van der Waals surface area contributed by atoms with Gasteiger partial charge in [0.15, 0.2) is 5.60 Å². The van der Waals surface area contributed by atoms with E-state index in [-0.39, 0.29) is 19.8 Å². The number of nitrogens with zero attached hydrogens (tertiary/aromatic N) is 1. The number of para-hydroxylation sites is 1. The number of unbranched alkanes of at least 4 members (excludes halogenated alkanes) is 1. The van der Waals surface area contributed by atoms with Gasteiger partial charge >= 0.3 is 5.97 Å². The lowest BCUT2D eigenvalue weighted by molar-refractivity contribution is -0.185. The van der Waals surface area contributed by atoms with Crippen LogP contribution in [-0.2, 0) is 35.1 Å². The van der Waals surface area contributed by atoms with Crippen LogP contribution in [0.25, 0.3) is 16.6 Å². The van der Waals surface area contributed by atoms with Crippen molar-refractivity contribution in [3.8, 4) is 0 Å². The summed E-state index contributed by atoms with van der Waals surface area (Å²) >= 11 is 0. The first kappa shape index (κ1) is 22.8. The van der Waals surface area contributed by atoms with E-state index in [1.807, 2.05) is 24.3 Å². The summed E-state index contributed by atoms with van der Waals surface area (Å²) in [6.45, 7) is 2.41. The van der Waals surface area contributed by atoms with Gasteiger partial charge in [-0.3, -0.25) is 4.79 Å². The summed E-state index contributed by atoms with van der Waals surface area (Å²) in [4.78, 5) is 40.1. The molecule has 0 bridgehead atoms. The number of aldehydes is 2. The molecule has 0 spiro atoms. The fourth-order valence-corrected chi connectivity index (χ4v) is 4.12. The fraction of sp³-hybridized carbons (Fsp3) is 0.360. The van der Waals surface area contributed by atoms with Gasteiger partial charge in [-0.25, -0.2) is 9.78 Å². The van der Waals surface area contributed by atoms with Gasteiger partial charge in [-0.2, -0.15) is 0 Å². The second kappa shape index (κ2) is 10.1. The Hall–Kier alpha value is -3.36. The topological polar surface area (TPSA) is 104 Å². The smallest absolute Gasteiger partial charge is 0.343 e. The van der Waals surface area contributed by atoms with Crippen molar-refractivity contribution >= 4 is 35.1 Å². The third-order valence-corrected chi connectivity index (χ3v) is 5.92. The Morgan fingerprint density at radius 3 is 2.91 bits per heavy atom. The molecule has 0 saturated carbocycles. The van der Waals surface area contributed by atoms with Crippen molar-refractivity contribution in [2.75, 3.05) is 20.0 Å². The summed E-state index contributed by atoms with van der Waals surface area (Å²) < 4.78 is 16.7. The Labute approximate surface area is 191 Å². The highest BCUT2D eigenvalue weighted by molar-refractivity contribution is 5.93. The van der Waals surface area contributed by atoms with Crippen molar-refractivity contribution in [2.45, 2.75) is 38.3 Å². The molecule has 8 nitrogen and oxygen atoms in total. The van der Waals surface area contributed by atoms with E-state index in [0.29, 0.717) is 49.1 Å². The highest BCUT2D eigenvalue weighted by atomic mass is 16.7. The van der Waals surface area contributed by atoms with Gasteiger partial charge in [0.2, 0.25) is 0 Å². The minimum absolute atomic E-state index is 0.120. The largest absolute Gasteiger partial charge is 0.458 e. The molecule has 0 saturated heterocycles. The number of fused-ring (bicyclic) bond motifs is 2. The molecule has 2 aromatic rings. The zero-order chi connectivity index (χ0) is 23.3. The van der Waals surface area contributed by atoms with E-state index in [2.05, 4.69) is 11.4 Å². The van der Waals surface area contributed by atoms with Crippen LogP contribution in [0, 0.1) is 0 Å². The molecule has 1 atom stereocenters. The SMILES string of the molecule is CCC1(OCOCCCC=O)C(=O)OCC(C=O)=C1/C=C1\NCc2cc3ccccc3nc21. The Morgan fingerprint density at radius 2 is 2.12 bits per heavy atom. The molecule has 0 fully saturated rings. The first-order valence-corrected chi connectivity index (χ1v) is 11.0. The fourth-order valence-electron chi connectivity index (χ4n) is 4.12. The van der Waals surface area contributed by atoms with Crippen molar-refractivity contribution in [1.29, 1.82) is 0 Å². The summed E-state index contributed by atoms with van der Waals surface area (Å²) in [7, 11) is 0. The predicted octanol–water partition coefficient (Wildman–Crippen LogP) is 2.85. The number of hydrogen-bond acceptors (Lipinski definition) is 8. The molecule has 2 aliphatic heterocycles. The van der Waals surface area contributed by atoms with Crippen molar-refractivity contribution in [1.82, 2.24) is 10.3 Å². The number of carbonyl (C=O) groups is 3. The second-order valence-corrected chi connectivity index (χ2v) is 7.89. The lowest BCUT2D eigenvalue weighted by atomic mass is 9.84. The van der Waals surface area contributed by atoms with Crippen LogP contribution in [0.2, 0.25) is 0 Å². The third-order valence-electron chi connectivity index (χ3n) is 5.92. The molecule has 0 radical (unpaired) electrons. The van der Waals surface area contributed by atoms with E-state index < -0.39 is 11.6 Å². The van der Waals surface area contributed by atoms with Crippen LogP contribution >= 0.6 is 0 Å². The molecule has 172 valence electrons. The van der Waals surface area contributed by atoms with Gasteiger partial charge < -0.3 is 24.3 Å². The number of aromatic nitrogens is 1. The molecular formula is C25H26N2O6. The predicted molar refractivity (Wildman–Crippen MR) is 121 cm³/mol. The van der Waals surface area contributed by atoms with Crippen LogP contribution in [0.15, 0.2) is 47.6 Å². The Balaban J connectivity index is 1.69. The van der Waals surface area contributed by atoms with Crippen molar-refractivity contribution in [2.24, 2.45) is 0 Å². The number of pyridine rings is 1. The van der Waals surface area contributed by atoms with Crippen LogP contribution in [0.1, 0.15) is 37.4 Å². The standard InChI is InChI=1S/C25H26N2O6/c1-2-25(33-16-31-10-6-5-9-28)20(19(14-29)15-32-24(25)30)12-22-23-18(13-26-22)11-17-7-3-4-8-21(17)27-23/h3-4,7-9,11-12,14,26H,2,5-6,10,13,15-16H2,1H3/b22-12-. The van der Waals surface area contributed by atoms with Gasteiger partial charge in [0.1, 0.15) is 26.0 Å². The highest BCUT2D eigenvalue weighted by Gasteiger charge is 2.47. The number of ether oxygens (including phenoxy) is 3. The first-order valence-electron chi connectivity index (χ1n) is 11.0. The number of carbonyl (C=O) groups excluding carboxylic acids is 3. The van der Waals surface area contributed by atoms with Crippen LogP contribution in [0.5, 0.6) is 0 Å². The van der Waals surface area contributed by atoms with Crippen LogP contribution < -0.4 is 5.32 Å². The summed E-state index contributed by atoms with van der Waals surface area (Å²) in [6.07, 6.45) is 4.49. The number of rotatable bonds is 10. The van der Waals surface area contributed by atoms with Crippen molar-refractivity contribution in [3.05, 3.63) is 58.8 Å². The lowest BCUT2D eigenvalue weighted by Gasteiger charge is -2.36. The number of esters is 1. The van der Waals surface area contributed by atoms with E-state index in [4.69, 9.17) is 19.2 Å². The Kier molecular flexibility index (Phi) is 6.96. The second-order valence-electron chi connectivity index (χ2n) is 7.89. The van der Waals surface area contributed by atoms with E-state index >= 15 is 0 Å². The maximum atomic E-state index is 12.9. The molecule has 1 unspecified atom stereocenters. The van der Waals surface area contributed by atoms with Gasteiger partial charge in [0, 0.05) is 36.1 Å². The van der Waals surface area contributed by atoms with Crippen LogP contribution in [0.4, 0.5) is 0 Å². The van der Waals surface area contributed by atoms with Crippen LogP contribution in [-0.4, -0.2) is 49.1 Å². The number of nitrogens with one attached hydrogen (secondary N) is 1. The van der Waals surface area contributed by atoms with Gasteiger partial charge in [-0.15, -0.1) is 0 Å². The van der Waals surface area contributed by atoms with Gasteiger partial charge in [-0.1, -0.05) is 25.1 Å². The summed E-state index contributed by atoms with van der Waals surface area (Å²) in [5.41, 5.74) is 2.69. The van der Waals surface area contributed by atoms with Gasteiger partial charge in [-0.05, 0) is 36.6 Å². The molecule has 2 aliphatic rings. The first-order chi connectivity index (χ1) is 16.1. The highest BCUT2D eigenvalue weighted by Crippen LogP contribution is 2.37. The van der Waals surface area contributed by atoms with Crippen molar-refractivity contribution in [3.63, 3.8) is 0 Å². The van der Waals surface area contributed by atoms with E-state index in [1.165, 1.54) is 0 Å². The zero-order valence-corrected chi connectivity index (χ0v) is 18.5. The third kappa shape index (κ3) is 4.44. The maximum Gasteiger partial charge on any atom is 0.343 e. The monoisotopic (exact) mass is 450 g/mol. The molecule has 0 aliphatic carbocycles. The zero-order valence-electron chi connectivity index (χ0n) is 18.5. The molecule has 8 heteroatoms. The summed E-state index contributed by atoms with van der Waals surface area (Å²) in [5.74, 6) is -0.566. The minimum Gasteiger partial charge on any atom is -0.458 e. The van der Waals surface area contributed by atoms with E-state index in [9.17, 15) is 14.4 Å². The number of benzene rings is 1. The van der Waals surface area contributed by atoms with Gasteiger partial charge in [0.25, 0.3) is 0 Å². The molecule has 1 aromatic carbocycles. The number of cyclic esters (lactones) is 1. The molecular weight excluding hydrogens is 424 g/mol. The molecule has 1 aromatic heterocycles. The Bertz CT molecular complexity index is 1140.